The van der Waals surface area contributed by atoms with Gasteiger partial charge in [-0.2, -0.15) is 0 Å². The fourth-order valence-corrected chi connectivity index (χ4v) is 4.02. The summed E-state index contributed by atoms with van der Waals surface area (Å²) >= 11 is 1.50. The predicted octanol–water partition coefficient (Wildman–Crippen LogP) is 4.02. The van der Waals surface area contributed by atoms with Crippen LogP contribution in [0.4, 0.5) is 0 Å². The van der Waals surface area contributed by atoms with Gasteiger partial charge in [-0.25, -0.2) is 0 Å². The Kier molecular flexibility index (Phi) is 3.92. The van der Waals surface area contributed by atoms with Gasteiger partial charge in [0.25, 0.3) is 0 Å². The van der Waals surface area contributed by atoms with E-state index in [1.54, 1.807) is 0 Å². The van der Waals surface area contributed by atoms with Crippen LogP contribution in [0.1, 0.15) is 48.8 Å². The lowest BCUT2D eigenvalue weighted by Gasteiger charge is -2.11. The standard InChI is InChI=1S/C18H20N4OS/c1-3-22-17(12-8-9-12)20-21-18(22)24-11(2)16(23)14-10-19-15-7-5-4-6-13(14)15/h4-7,10-12,19H,3,8-9H2,1-2H3/t11-/m0/s1. The number of hydrogen-bond donors (Lipinski definition) is 1. The second kappa shape index (κ2) is 6.09. The Labute approximate surface area is 144 Å². The van der Waals surface area contributed by atoms with Gasteiger partial charge in [-0.3, -0.25) is 4.79 Å². The number of fused-ring (bicyclic) bond motifs is 1. The van der Waals surface area contributed by atoms with Gasteiger partial charge >= 0.3 is 0 Å². The van der Waals surface area contributed by atoms with Gasteiger partial charge in [-0.1, -0.05) is 30.0 Å². The molecule has 1 N–H and O–H groups in total. The summed E-state index contributed by atoms with van der Waals surface area (Å²) < 4.78 is 2.15. The summed E-state index contributed by atoms with van der Waals surface area (Å²) in [4.78, 5) is 16.1. The number of nitrogens with zero attached hydrogens (tertiary/aromatic N) is 3. The van der Waals surface area contributed by atoms with Crippen molar-refractivity contribution in [1.82, 2.24) is 19.7 Å². The van der Waals surface area contributed by atoms with Gasteiger partial charge in [-0.05, 0) is 32.8 Å². The molecular weight excluding hydrogens is 320 g/mol. The zero-order valence-electron chi connectivity index (χ0n) is 13.8. The molecule has 3 aromatic rings. The van der Waals surface area contributed by atoms with Crippen LogP contribution in [-0.2, 0) is 6.54 Å². The predicted molar refractivity (Wildman–Crippen MR) is 95.6 cm³/mol. The van der Waals surface area contributed by atoms with E-state index in [0.717, 1.165) is 34.0 Å². The summed E-state index contributed by atoms with van der Waals surface area (Å²) in [5, 5.41) is 10.3. The Morgan fingerprint density at radius 2 is 2.17 bits per heavy atom. The van der Waals surface area contributed by atoms with Crippen molar-refractivity contribution >= 4 is 28.4 Å². The summed E-state index contributed by atoms with van der Waals surface area (Å²) in [6.45, 7) is 4.89. The number of thioether (sulfide) groups is 1. The van der Waals surface area contributed by atoms with Crippen molar-refractivity contribution in [3.05, 3.63) is 41.9 Å². The van der Waals surface area contributed by atoms with Gasteiger partial charge in [0.15, 0.2) is 10.9 Å². The number of aromatic amines is 1. The van der Waals surface area contributed by atoms with Crippen LogP contribution in [0, 0.1) is 0 Å². The van der Waals surface area contributed by atoms with Crippen LogP contribution in [0.15, 0.2) is 35.6 Å². The van der Waals surface area contributed by atoms with E-state index in [1.807, 2.05) is 37.4 Å². The second-order valence-electron chi connectivity index (χ2n) is 6.23. The number of aromatic nitrogens is 4. The van der Waals surface area contributed by atoms with Crippen molar-refractivity contribution in [2.45, 2.75) is 49.6 Å². The summed E-state index contributed by atoms with van der Waals surface area (Å²) in [5.74, 6) is 1.76. The van der Waals surface area contributed by atoms with Crippen LogP contribution in [0.2, 0.25) is 0 Å². The third-order valence-corrected chi connectivity index (χ3v) is 5.59. The lowest BCUT2D eigenvalue weighted by molar-refractivity contribution is 0.0995. The van der Waals surface area contributed by atoms with Gasteiger partial charge in [0.1, 0.15) is 5.82 Å². The first-order valence-electron chi connectivity index (χ1n) is 8.39. The molecule has 1 aliphatic carbocycles. The molecule has 0 unspecified atom stereocenters. The highest BCUT2D eigenvalue weighted by Gasteiger charge is 2.31. The molecule has 0 saturated heterocycles. The first kappa shape index (κ1) is 15.4. The zero-order valence-corrected chi connectivity index (χ0v) is 14.6. The Morgan fingerprint density at radius 3 is 2.92 bits per heavy atom. The van der Waals surface area contributed by atoms with Crippen LogP contribution in [0.3, 0.4) is 0 Å². The maximum absolute atomic E-state index is 12.9. The smallest absolute Gasteiger partial charge is 0.191 e. The minimum Gasteiger partial charge on any atom is -0.360 e. The normalized spacial score (nSPS) is 15.8. The quantitative estimate of drug-likeness (QED) is 0.544. The molecule has 0 aliphatic heterocycles. The monoisotopic (exact) mass is 340 g/mol. The molecule has 0 amide bonds. The highest BCUT2D eigenvalue weighted by Crippen LogP contribution is 2.40. The van der Waals surface area contributed by atoms with E-state index in [2.05, 4.69) is 26.7 Å². The average molecular weight is 340 g/mol. The molecule has 2 aromatic heterocycles. The fourth-order valence-electron chi connectivity index (χ4n) is 3.03. The number of H-pyrrole nitrogens is 1. The Bertz CT molecular complexity index is 893. The Hall–Kier alpha value is -2.08. The van der Waals surface area contributed by atoms with Crippen molar-refractivity contribution in [2.75, 3.05) is 0 Å². The molecule has 1 aliphatic rings. The Balaban J connectivity index is 1.58. The molecule has 1 fully saturated rings. The number of hydrogen-bond acceptors (Lipinski definition) is 4. The van der Waals surface area contributed by atoms with E-state index in [-0.39, 0.29) is 11.0 Å². The van der Waals surface area contributed by atoms with Gasteiger partial charge < -0.3 is 9.55 Å². The SMILES string of the molecule is CCn1c(S[C@@H](C)C(=O)c2c[nH]c3ccccc23)nnc1C1CC1. The number of nitrogens with one attached hydrogen (secondary N) is 1. The fraction of sp³-hybridized carbons (Fsp3) is 0.389. The molecule has 1 atom stereocenters. The van der Waals surface area contributed by atoms with Crippen LogP contribution >= 0.6 is 11.8 Å². The Morgan fingerprint density at radius 1 is 1.38 bits per heavy atom. The van der Waals surface area contributed by atoms with Crippen LogP contribution in [0.25, 0.3) is 10.9 Å². The highest BCUT2D eigenvalue weighted by atomic mass is 32.2. The number of rotatable bonds is 6. The summed E-state index contributed by atoms with van der Waals surface area (Å²) in [7, 11) is 0. The van der Waals surface area contributed by atoms with Crippen molar-refractivity contribution in [3.8, 4) is 0 Å². The molecule has 1 saturated carbocycles. The molecule has 1 aromatic carbocycles. The first-order chi connectivity index (χ1) is 11.7. The first-order valence-corrected chi connectivity index (χ1v) is 9.27. The van der Waals surface area contributed by atoms with Gasteiger partial charge in [0.05, 0.1) is 5.25 Å². The van der Waals surface area contributed by atoms with E-state index in [1.165, 1.54) is 24.6 Å². The maximum Gasteiger partial charge on any atom is 0.191 e. The van der Waals surface area contributed by atoms with Gasteiger partial charge in [0, 0.05) is 35.1 Å². The van der Waals surface area contributed by atoms with Crippen LogP contribution in [0.5, 0.6) is 0 Å². The van der Waals surface area contributed by atoms with Crippen LogP contribution in [-0.4, -0.2) is 30.8 Å². The van der Waals surface area contributed by atoms with E-state index < -0.39 is 0 Å². The minimum atomic E-state index is -0.203. The third-order valence-electron chi connectivity index (χ3n) is 4.51. The molecule has 0 radical (unpaired) electrons. The summed E-state index contributed by atoms with van der Waals surface area (Å²) in [6.07, 6.45) is 4.21. The van der Waals surface area contributed by atoms with Gasteiger partial charge in [0.2, 0.25) is 0 Å². The van der Waals surface area contributed by atoms with Crippen molar-refractivity contribution in [2.24, 2.45) is 0 Å². The molecule has 5 nitrogen and oxygen atoms in total. The number of Topliss-reactive ketones (excluding diaryl/α,β-unsaturated/α-hetero) is 1. The van der Waals surface area contributed by atoms with Gasteiger partial charge in [-0.15, -0.1) is 10.2 Å². The number of ketones is 1. The maximum atomic E-state index is 12.9. The molecule has 24 heavy (non-hydrogen) atoms. The average Bonchev–Trinajstić information content (AvgIpc) is 3.23. The molecule has 4 rings (SSSR count). The molecule has 124 valence electrons. The van der Waals surface area contributed by atoms with Crippen molar-refractivity contribution in [3.63, 3.8) is 0 Å². The van der Waals surface area contributed by atoms with E-state index in [4.69, 9.17) is 0 Å². The lowest BCUT2D eigenvalue weighted by Crippen LogP contribution is -2.14. The van der Waals surface area contributed by atoms with E-state index >= 15 is 0 Å². The molecule has 6 heteroatoms. The molecule has 0 spiro atoms. The minimum absolute atomic E-state index is 0.121. The summed E-state index contributed by atoms with van der Waals surface area (Å²) in [5.41, 5.74) is 1.74. The number of carbonyl (C=O) groups excluding carboxylic acids is 1. The lowest BCUT2D eigenvalue weighted by atomic mass is 10.1. The highest BCUT2D eigenvalue weighted by molar-refractivity contribution is 8.00. The number of para-hydroxylation sites is 1. The molecular formula is C18H20N4OS. The molecule has 2 heterocycles. The topological polar surface area (TPSA) is 63.6 Å². The van der Waals surface area contributed by atoms with E-state index in [0.29, 0.717) is 5.92 Å². The number of carbonyl (C=O) groups is 1. The van der Waals surface area contributed by atoms with Crippen LogP contribution < -0.4 is 0 Å². The molecule has 0 bridgehead atoms. The number of benzene rings is 1. The van der Waals surface area contributed by atoms with Crippen molar-refractivity contribution in [1.29, 1.82) is 0 Å². The summed E-state index contributed by atoms with van der Waals surface area (Å²) in [6, 6.07) is 7.89. The zero-order chi connectivity index (χ0) is 16.7. The van der Waals surface area contributed by atoms with E-state index in [9.17, 15) is 4.79 Å². The van der Waals surface area contributed by atoms with Crippen molar-refractivity contribution < 1.29 is 4.79 Å². The third kappa shape index (κ3) is 2.65. The largest absolute Gasteiger partial charge is 0.360 e. The second-order valence-corrected chi connectivity index (χ2v) is 7.54.